The van der Waals surface area contributed by atoms with Crippen molar-refractivity contribution in [3.63, 3.8) is 0 Å². The molecule has 16 heavy (non-hydrogen) atoms. The summed E-state index contributed by atoms with van der Waals surface area (Å²) in [6.07, 6.45) is 3.44. The van der Waals surface area contributed by atoms with Gasteiger partial charge in [0.15, 0.2) is 0 Å². The summed E-state index contributed by atoms with van der Waals surface area (Å²) in [4.78, 5) is 0. The molecule has 0 saturated carbocycles. The van der Waals surface area contributed by atoms with Gasteiger partial charge in [0, 0.05) is 39.0 Å². The van der Waals surface area contributed by atoms with E-state index in [0.717, 1.165) is 45.6 Å². The van der Waals surface area contributed by atoms with Gasteiger partial charge in [0.25, 0.3) is 0 Å². The fourth-order valence-corrected chi connectivity index (χ4v) is 2.09. The Kier molecular flexibility index (Phi) is 5.22. The third-order valence-corrected chi connectivity index (χ3v) is 3.38. The Balaban J connectivity index is 2.48. The first-order valence-corrected chi connectivity index (χ1v) is 6.29. The molecule has 0 aromatic rings. The summed E-state index contributed by atoms with van der Waals surface area (Å²) in [7, 11) is 1.78. The average molecular weight is 229 g/mol. The van der Waals surface area contributed by atoms with Crippen LogP contribution >= 0.6 is 0 Å². The van der Waals surface area contributed by atoms with E-state index < -0.39 is 0 Å². The van der Waals surface area contributed by atoms with Gasteiger partial charge in [-0.3, -0.25) is 0 Å². The van der Waals surface area contributed by atoms with Crippen molar-refractivity contribution in [2.75, 3.05) is 33.5 Å². The van der Waals surface area contributed by atoms with E-state index in [4.69, 9.17) is 9.47 Å². The Bertz CT molecular complexity index is 193. The SMILES string of the molecule is COCCC1(CNC(C)(C)C)CCOCC1. The van der Waals surface area contributed by atoms with Gasteiger partial charge in [0.05, 0.1) is 0 Å². The van der Waals surface area contributed by atoms with Gasteiger partial charge in [-0.2, -0.15) is 0 Å². The molecule has 96 valence electrons. The highest BCUT2D eigenvalue weighted by Crippen LogP contribution is 2.34. The lowest BCUT2D eigenvalue weighted by molar-refractivity contribution is -0.00403. The van der Waals surface area contributed by atoms with Crippen LogP contribution in [0.15, 0.2) is 0 Å². The van der Waals surface area contributed by atoms with Crippen molar-refractivity contribution >= 4 is 0 Å². The molecule has 0 spiro atoms. The number of nitrogens with one attached hydrogen (secondary N) is 1. The molecule has 1 rings (SSSR count). The number of rotatable bonds is 5. The third kappa shape index (κ3) is 4.81. The molecule has 0 aliphatic carbocycles. The first kappa shape index (κ1) is 13.9. The molecule has 3 heteroatoms. The second kappa shape index (κ2) is 5.99. The summed E-state index contributed by atoms with van der Waals surface area (Å²) in [5, 5.41) is 3.63. The van der Waals surface area contributed by atoms with E-state index >= 15 is 0 Å². The number of hydrogen-bond acceptors (Lipinski definition) is 3. The number of ether oxygens (including phenoxy) is 2. The lowest BCUT2D eigenvalue weighted by atomic mass is 9.77. The van der Waals surface area contributed by atoms with E-state index in [1.54, 1.807) is 7.11 Å². The monoisotopic (exact) mass is 229 g/mol. The summed E-state index contributed by atoms with van der Waals surface area (Å²) in [6.45, 7) is 10.4. The zero-order valence-electron chi connectivity index (χ0n) is 11.3. The molecule has 1 N–H and O–H groups in total. The number of hydrogen-bond donors (Lipinski definition) is 1. The van der Waals surface area contributed by atoms with Crippen molar-refractivity contribution in [2.45, 2.75) is 45.6 Å². The highest BCUT2D eigenvalue weighted by Gasteiger charge is 2.33. The molecular weight excluding hydrogens is 202 g/mol. The van der Waals surface area contributed by atoms with Crippen molar-refractivity contribution in [1.82, 2.24) is 5.32 Å². The van der Waals surface area contributed by atoms with Gasteiger partial charge in [-0.05, 0) is 45.4 Å². The quantitative estimate of drug-likeness (QED) is 0.784. The van der Waals surface area contributed by atoms with Crippen LogP contribution in [0.25, 0.3) is 0 Å². The van der Waals surface area contributed by atoms with Crippen LogP contribution in [-0.4, -0.2) is 39.0 Å². The molecule has 0 aromatic heterocycles. The molecule has 1 fully saturated rings. The molecule has 0 unspecified atom stereocenters. The van der Waals surface area contributed by atoms with Gasteiger partial charge in [0.1, 0.15) is 0 Å². The molecule has 0 amide bonds. The van der Waals surface area contributed by atoms with E-state index in [0.29, 0.717) is 5.41 Å². The minimum Gasteiger partial charge on any atom is -0.385 e. The highest BCUT2D eigenvalue weighted by atomic mass is 16.5. The minimum atomic E-state index is 0.193. The summed E-state index contributed by atoms with van der Waals surface area (Å²) in [5.74, 6) is 0. The summed E-state index contributed by atoms with van der Waals surface area (Å²) >= 11 is 0. The van der Waals surface area contributed by atoms with Gasteiger partial charge < -0.3 is 14.8 Å². The zero-order chi connectivity index (χ0) is 12.1. The average Bonchev–Trinajstić information content (AvgIpc) is 2.24. The zero-order valence-corrected chi connectivity index (χ0v) is 11.3. The molecule has 0 bridgehead atoms. The first-order chi connectivity index (χ1) is 7.47. The fourth-order valence-electron chi connectivity index (χ4n) is 2.09. The van der Waals surface area contributed by atoms with Crippen molar-refractivity contribution < 1.29 is 9.47 Å². The largest absolute Gasteiger partial charge is 0.385 e. The van der Waals surface area contributed by atoms with Crippen molar-refractivity contribution in [1.29, 1.82) is 0 Å². The van der Waals surface area contributed by atoms with E-state index in [-0.39, 0.29) is 5.54 Å². The van der Waals surface area contributed by atoms with Gasteiger partial charge in [-0.15, -0.1) is 0 Å². The Hall–Kier alpha value is -0.120. The van der Waals surface area contributed by atoms with Gasteiger partial charge in [0.2, 0.25) is 0 Å². The highest BCUT2D eigenvalue weighted by molar-refractivity contribution is 4.86. The summed E-state index contributed by atoms with van der Waals surface area (Å²) in [5.41, 5.74) is 0.569. The van der Waals surface area contributed by atoms with E-state index in [1.807, 2.05) is 0 Å². The van der Waals surface area contributed by atoms with E-state index in [2.05, 4.69) is 26.1 Å². The predicted octanol–water partition coefficient (Wildman–Crippen LogP) is 2.21. The number of methoxy groups -OCH3 is 1. The molecule has 3 nitrogen and oxygen atoms in total. The standard InChI is InChI=1S/C13H27NO2/c1-12(2,3)14-11-13(5-8-15-4)6-9-16-10-7-13/h14H,5-11H2,1-4H3. The van der Waals surface area contributed by atoms with Gasteiger partial charge >= 0.3 is 0 Å². The van der Waals surface area contributed by atoms with Crippen LogP contribution in [0, 0.1) is 5.41 Å². The molecule has 0 radical (unpaired) electrons. The van der Waals surface area contributed by atoms with Crippen LogP contribution in [0.4, 0.5) is 0 Å². The van der Waals surface area contributed by atoms with Crippen LogP contribution in [-0.2, 0) is 9.47 Å². The van der Waals surface area contributed by atoms with Crippen LogP contribution in [0.3, 0.4) is 0 Å². The predicted molar refractivity (Wildman–Crippen MR) is 66.7 cm³/mol. The Labute approximate surface area is 99.9 Å². The smallest absolute Gasteiger partial charge is 0.0471 e. The van der Waals surface area contributed by atoms with E-state index in [1.165, 1.54) is 0 Å². The van der Waals surface area contributed by atoms with Crippen molar-refractivity contribution in [2.24, 2.45) is 5.41 Å². The second-order valence-electron chi connectivity index (χ2n) is 5.96. The second-order valence-corrected chi connectivity index (χ2v) is 5.96. The normalized spacial score (nSPS) is 21.0. The Morgan fingerprint density at radius 2 is 1.88 bits per heavy atom. The Morgan fingerprint density at radius 1 is 1.25 bits per heavy atom. The van der Waals surface area contributed by atoms with Crippen LogP contribution in [0.1, 0.15) is 40.0 Å². The maximum Gasteiger partial charge on any atom is 0.0471 e. The summed E-state index contributed by atoms with van der Waals surface area (Å²) in [6, 6.07) is 0. The lowest BCUT2D eigenvalue weighted by Gasteiger charge is -2.39. The first-order valence-electron chi connectivity index (χ1n) is 6.29. The molecule has 0 aromatic carbocycles. The topological polar surface area (TPSA) is 30.5 Å². The molecule has 1 aliphatic heterocycles. The summed E-state index contributed by atoms with van der Waals surface area (Å²) < 4.78 is 10.7. The molecule has 0 atom stereocenters. The molecule has 1 aliphatic rings. The van der Waals surface area contributed by atoms with Crippen LogP contribution < -0.4 is 5.32 Å². The van der Waals surface area contributed by atoms with Crippen molar-refractivity contribution in [3.05, 3.63) is 0 Å². The molecule has 1 saturated heterocycles. The molecular formula is C13H27NO2. The lowest BCUT2D eigenvalue weighted by Crippen LogP contribution is -2.46. The minimum absolute atomic E-state index is 0.193. The third-order valence-electron chi connectivity index (χ3n) is 3.38. The van der Waals surface area contributed by atoms with Gasteiger partial charge in [-0.1, -0.05) is 0 Å². The maximum absolute atomic E-state index is 5.47. The Morgan fingerprint density at radius 3 is 2.38 bits per heavy atom. The van der Waals surface area contributed by atoms with Crippen molar-refractivity contribution in [3.8, 4) is 0 Å². The molecule has 1 heterocycles. The van der Waals surface area contributed by atoms with Gasteiger partial charge in [-0.25, -0.2) is 0 Å². The fraction of sp³-hybridized carbons (Fsp3) is 1.00. The maximum atomic E-state index is 5.47. The van der Waals surface area contributed by atoms with Crippen LogP contribution in [0.2, 0.25) is 0 Å². The van der Waals surface area contributed by atoms with E-state index in [9.17, 15) is 0 Å². The van der Waals surface area contributed by atoms with Crippen LogP contribution in [0.5, 0.6) is 0 Å².